The number of urea groups is 1. The number of imidazole rings is 2. The normalized spacial score (nSPS) is 12.4. The van der Waals surface area contributed by atoms with Gasteiger partial charge in [0.05, 0.1) is 38.5 Å². The van der Waals surface area contributed by atoms with E-state index in [1.54, 1.807) is 0 Å². The maximum absolute atomic E-state index is 13.2. The third-order valence-corrected chi connectivity index (χ3v) is 9.13. The van der Waals surface area contributed by atoms with Gasteiger partial charge in [-0.1, -0.05) is 0 Å². The zero-order valence-corrected chi connectivity index (χ0v) is 34.1. The molecule has 0 radical (unpaired) electrons. The summed E-state index contributed by atoms with van der Waals surface area (Å²) in [4.78, 5) is 141. The number of aromatic nitrogens is 4. The molecule has 28 nitrogen and oxygen atoms in total. The Bertz CT molecular complexity index is 1900. The zero-order chi connectivity index (χ0) is 48.1. The van der Waals surface area contributed by atoms with E-state index in [0.717, 1.165) is 0 Å². The van der Waals surface area contributed by atoms with E-state index >= 15 is 0 Å². The largest absolute Gasteiger partial charge is 0.481 e. The Kier molecular flexibility index (Phi) is 21.5. The van der Waals surface area contributed by atoms with Crippen molar-refractivity contribution in [3.8, 4) is 0 Å². The van der Waals surface area contributed by atoms with Crippen molar-refractivity contribution in [2.45, 2.75) is 89.3 Å². The first-order valence-corrected chi connectivity index (χ1v) is 19.2. The Morgan fingerprint density at radius 1 is 0.656 bits per heavy atom. The first-order valence-electron chi connectivity index (χ1n) is 19.2. The summed E-state index contributed by atoms with van der Waals surface area (Å²) in [5.41, 5.74) is 6.28. The van der Waals surface area contributed by atoms with Gasteiger partial charge in [-0.3, -0.25) is 43.3 Å². The molecule has 2 heterocycles. The molecule has 64 heavy (non-hydrogen) atoms. The minimum atomic E-state index is -1.60. The van der Waals surface area contributed by atoms with Gasteiger partial charge in [0.25, 0.3) is 0 Å². The molecule has 4 amide bonds. The minimum Gasteiger partial charge on any atom is -0.481 e. The van der Waals surface area contributed by atoms with Gasteiger partial charge in [-0.2, -0.15) is 0 Å². The zero-order valence-electron chi connectivity index (χ0n) is 34.1. The number of carboxylic acids is 7. The second-order valence-electron chi connectivity index (χ2n) is 14.2. The number of Topliss-reactive ketones (excluding diaryl/α,β-unsaturated/α-hetero) is 1. The van der Waals surface area contributed by atoms with Gasteiger partial charge >= 0.3 is 47.8 Å². The van der Waals surface area contributed by atoms with Crippen molar-refractivity contribution >= 4 is 65.4 Å². The van der Waals surface area contributed by atoms with Crippen LogP contribution in [-0.4, -0.2) is 174 Å². The van der Waals surface area contributed by atoms with Gasteiger partial charge in [-0.05, 0) is 25.7 Å². The average molecular weight is 911 g/mol. The number of rotatable bonds is 32. The molecule has 0 spiro atoms. The molecule has 0 saturated heterocycles. The van der Waals surface area contributed by atoms with Crippen LogP contribution in [0, 0.1) is 5.92 Å². The smallest absolute Gasteiger partial charge is 0.326 e. The van der Waals surface area contributed by atoms with Crippen LogP contribution in [0.15, 0.2) is 24.8 Å². The summed E-state index contributed by atoms with van der Waals surface area (Å²) in [7, 11) is 0. The van der Waals surface area contributed by atoms with Crippen molar-refractivity contribution in [1.29, 1.82) is 0 Å². The van der Waals surface area contributed by atoms with E-state index in [4.69, 9.17) is 10.8 Å². The van der Waals surface area contributed by atoms with Crippen LogP contribution < -0.4 is 21.7 Å². The van der Waals surface area contributed by atoms with Crippen LogP contribution in [0.5, 0.6) is 0 Å². The van der Waals surface area contributed by atoms with Crippen LogP contribution in [-0.2, 0) is 74.1 Å². The SMILES string of the molecule is N[C@@H](CN(Cc1nccn1CC(=O)C(CC(=O)O)CC(=O)O)Cc1nccn1CC(=O)N(CC(=O)O)CC(=O)O)C(=O)NCCCC[C@H](NC(=O)N[C@@H](CCC(=O)O)C(=O)O)C(=O)O. The van der Waals surface area contributed by atoms with Crippen LogP contribution in [0.3, 0.4) is 0 Å². The molecule has 2 aromatic heterocycles. The highest BCUT2D eigenvalue weighted by Crippen LogP contribution is 2.15. The second-order valence-corrected chi connectivity index (χ2v) is 14.2. The van der Waals surface area contributed by atoms with Crippen molar-refractivity contribution in [3.63, 3.8) is 0 Å². The summed E-state index contributed by atoms with van der Waals surface area (Å²) in [5.74, 6) is -13.3. The van der Waals surface area contributed by atoms with Gasteiger partial charge < -0.3 is 71.5 Å². The number of carboxylic acid groups (broad SMARTS) is 7. The van der Waals surface area contributed by atoms with Crippen LogP contribution in [0.25, 0.3) is 0 Å². The van der Waals surface area contributed by atoms with Gasteiger partial charge in [0, 0.05) is 50.2 Å². The average Bonchev–Trinajstić information content (AvgIpc) is 3.82. The molecular formula is C36H50N10O18. The molecule has 0 fully saturated rings. The Morgan fingerprint density at radius 2 is 1.16 bits per heavy atom. The van der Waals surface area contributed by atoms with Crippen LogP contribution in [0.4, 0.5) is 4.79 Å². The number of nitrogens with two attached hydrogens (primary N) is 1. The number of amides is 4. The third-order valence-electron chi connectivity index (χ3n) is 9.13. The molecule has 0 aromatic carbocycles. The molecule has 0 aliphatic heterocycles. The molecule has 12 N–H and O–H groups in total. The van der Waals surface area contributed by atoms with Crippen molar-refractivity contribution in [1.82, 2.24) is 44.9 Å². The predicted molar refractivity (Wildman–Crippen MR) is 210 cm³/mol. The molecule has 0 saturated carbocycles. The monoisotopic (exact) mass is 910 g/mol. The summed E-state index contributed by atoms with van der Waals surface area (Å²) in [6, 6.07) is -5.54. The highest BCUT2D eigenvalue weighted by molar-refractivity contribution is 5.88. The van der Waals surface area contributed by atoms with Crippen molar-refractivity contribution in [2.75, 3.05) is 26.2 Å². The van der Waals surface area contributed by atoms with Crippen molar-refractivity contribution in [3.05, 3.63) is 36.4 Å². The molecule has 2 aromatic rings. The maximum Gasteiger partial charge on any atom is 0.326 e. The molecule has 352 valence electrons. The van der Waals surface area contributed by atoms with E-state index in [9.17, 15) is 83.4 Å². The highest BCUT2D eigenvalue weighted by atomic mass is 16.4. The fourth-order valence-corrected chi connectivity index (χ4v) is 6.00. The van der Waals surface area contributed by atoms with Gasteiger partial charge in [0.15, 0.2) is 5.78 Å². The summed E-state index contributed by atoms with van der Waals surface area (Å²) in [5, 5.41) is 71.2. The molecule has 0 aliphatic carbocycles. The van der Waals surface area contributed by atoms with Crippen molar-refractivity contribution < 1.29 is 88.5 Å². The quantitative estimate of drug-likeness (QED) is 0.0324. The van der Waals surface area contributed by atoms with E-state index in [0.29, 0.717) is 4.90 Å². The molecule has 28 heteroatoms. The molecule has 2 rings (SSSR count). The second kappa shape index (κ2) is 26.1. The number of unbranched alkanes of at least 4 members (excludes halogenated alkanes) is 1. The lowest BCUT2D eigenvalue weighted by Gasteiger charge is -2.26. The summed E-state index contributed by atoms with van der Waals surface area (Å²) < 4.78 is 2.62. The molecular weight excluding hydrogens is 860 g/mol. The van der Waals surface area contributed by atoms with E-state index in [-0.39, 0.29) is 57.1 Å². The van der Waals surface area contributed by atoms with Gasteiger partial charge in [-0.25, -0.2) is 24.4 Å². The minimum absolute atomic E-state index is 0.0303. The molecule has 0 unspecified atom stereocenters. The first kappa shape index (κ1) is 52.6. The number of hydrogen-bond acceptors (Lipinski definition) is 15. The number of carbonyl (C=O) groups excluding carboxylic acids is 4. The Labute approximate surface area is 362 Å². The molecule has 3 atom stereocenters. The lowest BCUT2D eigenvalue weighted by atomic mass is 9.96. The number of aliphatic carboxylic acids is 7. The number of nitrogens with zero attached hydrogens (tertiary/aromatic N) is 6. The van der Waals surface area contributed by atoms with E-state index in [1.807, 2.05) is 5.32 Å². The van der Waals surface area contributed by atoms with E-state index in [2.05, 4.69) is 20.6 Å². The third kappa shape index (κ3) is 19.5. The van der Waals surface area contributed by atoms with Crippen LogP contribution in [0.2, 0.25) is 0 Å². The maximum atomic E-state index is 13.2. The van der Waals surface area contributed by atoms with E-state index in [1.165, 1.54) is 38.8 Å². The fraction of sp³-hybridized carbons (Fsp3) is 0.528. The summed E-state index contributed by atoms with van der Waals surface area (Å²) >= 11 is 0. The molecule has 0 aliphatic rings. The van der Waals surface area contributed by atoms with Gasteiger partial charge in [0.2, 0.25) is 11.8 Å². The topological polar surface area (TPSA) is 434 Å². The number of carbonyl (C=O) groups is 11. The summed E-state index contributed by atoms with van der Waals surface area (Å²) in [6.07, 6.45) is 2.96. The fourth-order valence-electron chi connectivity index (χ4n) is 6.00. The Balaban J connectivity index is 2.20. The van der Waals surface area contributed by atoms with E-state index < -0.39 is 141 Å². The Hall–Kier alpha value is -7.49. The predicted octanol–water partition coefficient (Wildman–Crippen LogP) is -3.10. The number of hydrogen-bond donors (Lipinski definition) is 11. The lowest BCUT2D eigenvalue weighted by molar-refractivity contribution is -0.149. The molecule has 0 bridgehead atoms. The number of ketones is 1. The summed E-state index contributed by atoms with van der Waals surface area (Å²) in [6.45, 7) is -3.51. The van der Waals surface area contributed by atoms with Gasteiger partial charge in [0.1, 0.15) is 43.4 Å². The Morgan fingerprint density at radius 3 is 1.62 bits per heavy atom. The van der Waals surface area contributed by atoms with Crippen LogP contribution >= 0.6 is 0 Å². The van der Waals surface area contributed by atoms with Crippen LogP contribution in [0.1, 0.15) is 56.6 Å². The lowest BCUT2D eigenvalue weighted by Crippen LogP contribution is -2.51. The highest BCUT2D eigenvalue weighted by Gasteiger charge is 2.28. The number of nitrogens with one attached hydrogen (secondary N) is 3. The van der Waals surface area contributed by atoms with Gasteiger partial charge in [-0.15, -0.1) is 0 Å². The standard InChI is InChI=1S/C36H50N10O18/c37-21(33(59)40-6-2-1-3-22(34(60)61)41-36(64)42-23(35(62)63)4-5-28(49)50)13-43(15-25-38-7-9-44(25)14-24(47)20(11-29(51)52)12-30(53)54)16-26-39-8-10-45(26)17-27(48)46(18-31(55)56)19-32(57)58/h7-10,20-23H,1-6,11-19,37H2,(H,40,59)(H,49,50)(H,51,52)(H,53,54)(H,55,56)(H,57,58)(H,60,61)(H,62,63)(H2,41,42,64)/t21-,22-,23-/m0/s1. The van der Waals surface area contributed by atoms with Crippen molar-refractivity contribution in [2.24, 2.45) is 11.7 Å². The first-order chi connectivity index (χ1) is 30.1.